The van der Waals surface area contributed by atoms with E-state index in [1.807, 2.05) is 83.1 Å². The third-order valence-corrected chi connectivity index (χ3v) is 6.39. The van der Waals surface area contributed by atoms with Gasteiger partial charge in [-0.05, 0) is 75.5 Å². The Balaban J connectivity index is 1.60. The molecule has 1 fully saturated rings. The molecule has 6 heteroatoms. The van der Waals surface area contributed by atoms with Crippen LogP contribution in [0.5, 0.6) is 0 Å². The first-order chi connectivity index (χ1) is 13.6. The fourth-order valence-electron chi connectivity index (χ4n) is 3.82. The molecule has 2 heterocycles. The molecule has 0 spiro atoms. The topological polar surface area (TPSA) is 42.0 Å². The molecule has 152 valence electrons. The molecule has 2 aromatic carbocycles. The lowest BCUT2D eigenvalue weighted by atomic mass is 9.79. The highest BCUT2D eigenvalue weighted by atomic mass is 16.7. The van der Waals surface area contributed by atoms with Gasteiger partial charge in [0, 0.05) is 37.6 Å². The number of amides is 1. The Kier molecular flexibility index (Phi) is 4.75. The molecule has 2 aliphatic rings. The highest BCUT2D eigenvalue weighted by Gasteiger charge is 2.51. The van der Waals surface area contributed by atoms with Crippen LogP contribution < -0.4 is 15.3 Å². The lowest BCUT2D eigenvalue weighted by Gasteiger charge is -2.32. The van der Waals surface area contributed by atoms with Crippen LogP contribution in [-0.4, -0.2) is 44.9 Å². The van der Waals surface area contributed by atoms with Crippen LogP contribution in [0.15, 0.2) is 42.5 Å². The summed E-state index contributed by atoms with van der Waals surface area (Å²) in [5, 5.41) is 0. The number of anilines is 2. The summed E-state index contributed by atoms with van der Waals surface area (Å²) in [6.45, 7) is 8.84. The maximum absolute atomic E-state index is 13.2. The Hall–Kier alpha value is -2.31. The maximum Gasteiger partial charge on any atom is 0.494 e. The van der Waals surface area contributed by atoms with Gasteiger partial charge in [0.15, 0.2) is 0 Å². The first-order valence-electron chi connectivity index (χ1n) is 10.2. The van der Waals surface area contributed by atoms with Gasteiger partial charge in [0.25, 0.3) is 5.91 Å². The van der Waals surface area contributed by atoms with Crippen LogP contribution in [0.3, 0.4) is 0 Å². The number of benzene rings is 2. The molecule has 0 aliphatic carbocycles. The van der Waals surface area contributed by atoms with E-state index in [2.05, 4.69) is 11.0 Å². The van der Waals surface area contributed by atoms with Crippen molar-refractivity contribution >= 4 is 29.9 Å². The van der Waals surface area contributed by atoms with Gasteiger partial charge in [-0.3, -0.25) is 4.79 Å². The zero-order valence-electron chi connectivity index (χ0n) is 18.2. The molecule has 2 aromatic rings. The first kappa shape index (κ1) is 20.0. The molecule has 29 heavy (non-hydrogen) atoms. The monoisotopic (exact) mass is 392 g/mol. The molecule has 0 bridgehead atoms. The Morgan fingerprint density at radius 2 is 1.69 bits per heavy atom. The van der Waals surface area contributed by atoms with Crippen molar-refractivity contribution in [1.29, 1.82) is 0 Å². The molecule has 2 aliphatic heterocycles. The number of hydrogen-bond donors (Lipinski definition) is 0. The lowest BCUT2D eigenvalue weighted by molar-refractivity contribution is 0.00578. The molecule has 4 rings (SSSR count). The summed E-state index contributed by atoms with van der Waals surface area (Å²) in [6, 6.07) is 14.0. The molecule has 1 amide bonds. The van der Waals surface area contributed by atoms with Crippen LogP contribution in [0.1, 0.15) is 43.6 Å². The van der Waals surface area contributed by atoms with E-state index in [1.165, 1.54) is 0 Å². The zero-order chi connectivity index (χ0) is 21.0. The van der Waals surface area contributed by atoms with E-state index < -0.39 is 18.3 Å². The van der Waals surface area contributed by atoms with E-state index in [0.717, 1.165) is 34.4 Å². The summed E-state index contributed by atoms with van der Waals surface area (Å²) in [5.41, 5.74) is 4.04. The van der Waals surface area contributed by atoms with Crippen molar-refractivity contribution in [3.63, 3.8) is 0 Å². The summed E-state index contributed by atoms with van der Waals surface area (Å²) in [4.78, 5) is 17.1. The summed E-state index contributed by atoms with van der Waals surface area (Å²) >= 11 is 0. The molecular formula is C23H29BN2O3. The average Bonchev–Trinajstić information content (AvgIpc) is 2.89. The molecular weight excluding hydrogens is 363 g/mol. The number of rotatable bonds is 3. The van der Waals surface area contributed by atoms with Crippen LogP contribution >= 0.6 is 0 Å². The summed E-state index contributed by atoms with van der Waals surface area (Å²) in [7, 11) is 3.59. The highest BCUT2D eigenvalue weighted by Crippen LogP contribution is 2.36. The van der Waals surface area contributed by atoms with Gasteiger partial charge < -0.3 is 19.1 Å². The van der Waals surface area contributed by atoms with Crippen molar-refractivity contribution in [3.8, 4) is 0 Å². The van der Waals surface area contributed by atoms with E-state index in [9.17, 15) is 4.79 Å². The van der Waals surface area contributed by atoms with Crippen molar-refractivity contribution < 1.29 is 14.1 Å². The molecule has 0 radical (unpaired) electrons. The second-order valence-electron chi connectivity index (χ2n) is 9.13. The standard InChI is InChI=1S/C23H29BN2O3/c1-22(2)23(3,4)29-24(28-22)17-8-7-9-19(15-17)26-13-12-16-14-18(25(5)6)10-11-20(16)21(26)27/h7-11,14-15H,12-13H2,1-6H3. The second kappa shape index (κ2) is 6.89. The first-order valence-corrected chi connectivity index (χ1v) is 10.2. The molecule has 5 nitrogen and oxygen atoms in total. The number of carbonyl (C=O) groups excluding carboxylic acids is 1. The van der Waals surface area contributed by atoms with E-state index in [0.29, 0.717) is 6.54 Å². The largest absolute Gasteiger partial charge is 0.494 e. The Morgan fingerprint density at radius 1 is 1.00 bits per heavy atom. The average molecular weight is 392 g/mol. The van der Waals surface area contributed by atoms with E-state index in [4.69, 9.17) is 9.31 Å². The molecule has 0 aromatic heterocycles. The smallest absolute Gasteiger partial charge is 0.399 e. The second-order valence-corrected chi connectivity index (χ2v) is 9.13. The van der Waals surface area contributed by atoms with Gasteiger partial charge in [-0.1, -0.05) is 12.1 Å². The van der Waals surface area contributed by atoms with Crippen molar-refractivity contribution in [2.24, 2.45) is 0 Å². The molecule has 1 saturated heterocycles. The van der Waals surface area contributed by atoms with Crippen molar-refractivity contribution in [2.45, 2.75) is 45.3 Å². The lowest BCUT2D eigenvalue weighted by Crippen LogP contribution is -2.41. The minimum atomic E-state index is -0.435. The van der Waals surface area contributed by atoms with E-state index in [-0.39, 0.29) is 5.91 Å². The predicted octanol–water partition coefficient (Wildman–Crippen LogP) is 3.25. The van der Waals surface area contributed by atoms with Gasteiger partial charge in [-0.2, -0.15) is 0 Å². The van der Waals surface area contributed by atoms with Crippen molar-refractivity contribution in [2.75, 3.05) is 30.4 Å². The van der Waals surface area contributed by atoms with Gasteiger partial charge in [0.2, 0.25) is 0 Å². The minimum Gasteiger partial charge on any atom is -0.399 e. The Morgan fingerprint density at radius 3 is 2.34 bits per heavy atom. The van der Waals surface area contributed by atoms with Crippen LogP contribution in [0, 0.1) is 0 Å². The normalized spacial score (nSPS) is 20.0. The SMILES string of the molecule is CN(C)c1ccc2c(c1)CCN(c1cccc(B3OC(C)(C)C(C)(C)O3)c1)C2=O. The van der Waals surface area contributed by atoms with Crippen molar-refractivity contribution in [1.82, 2.24) is 0 Å². The number of nitrogens with zero attached hydrogens (tertiary/aromatic N) is 2. The van der Waals surface area contributed by atoms with Crippen molar-refractivity contribution in [3.05, 3.63) is 53.6 Å². The van der Waals surface area contributed by atoms with Gasteiger partial charge in [-0.15, -0.1) is 0 Å². The molecule has 0 saturated carbocycles. The predicted molar refractivity (Wildman–Crippen MR) is 118 cm³/mol. The van der Waals surface area contributed by atoms with Gasteiger partial charge in [0.1, 0.15) is 0 Å². The van der Waals surface area contributed by atoms with Crippen LogP contribution in [0.4, 0.5) is 11.4 Å². The van der Waals surface area contributed by atoms with Gasteiger partial charge >= 0.3 is 7.12 Å². The summed E-state index contributed by atoms with van der Waals surface area (Å²) in [5.74, 6) is 0.0441. The zero-order valence-corrected chi connectivity index (χ0v) is 18.2. The third-order valence-electron chi connectivity index (χ3n) is 6.39. The highest BCUT2D eigenvalue weighted by molar-refractivity contribution is 6.62. The third kappa shape index (κ3) is 3.45. The number of fused-ring (bicyclic) bond motifs is 1. The van der Waals surface area contributed by atoms with Gasteiger partial charge in [-0.25, -0.2) is 0 Å². The fraction of sp³-hybridized carbons (Fsp3) is 0.435. The number of carbonyl (C=O) groups is 1. The fourth-order valence-corrected chi connectivity index (χ4v) is 3.82. The van der Waals surface area contributed by atoms with E-state index in [1.54, 1.807) is 0 Å². The maximum atomic E-state index is 13.2. The summed E-state index contributed by atoms with van der Waals surface area (Å²) < 4.78 is 12.4. The Labute approximate surface area is 173 Å². The molecule has 0 unspecified atom stereocenters. The molecule has 0 atom stereocenters. The Bertz CT molecular complexity index is 939. The minimum absolute atomic E-state index is 0.0441. The number of hydrogen-bond acceptors (Lipinski definition) is 4. The molecule has 0 N–H and O–H groups in total. The van der Waals surface area contributed by atoms with Crippen LogP contribution in [0.2, 0.25) is 0 Å². The van der Waals surface area contributed by atoms with E-state index >= 15 is 0 Å². The summed E-state index contributed by atoms with van der Waals surface area (Å²) in [6.07, 6.45) is 0.837. The van der Waals surface area contributed by atoms with Crippen LogP contribution in [-0.2, 0) is 15.7 Å². The van der Waals surface area contributed by atoms with Crippen LogP contribution in [0.25, 0.3) is 0 Å². The quantitative estimate of drug-likeness (QED) is 0.753. The van der Waals surface area contributed by atoms with Gasteiger partial charge in [0.05, 0.1) is 11.2 Å².